The lowest BCUT2D eigenvalue weighted by molar-refractivity contribution is -0.0120. The zero-order valence-electron chi connectivity index (χ0n) is 8.44. The van der Waals surface area contributed by atoms with Gasteiger partial charge in [0.1, 0.15) is 0 Å². The van der Waals surface area contributed by atoms with E-state index in [1.807, 2.05) is 30.3 Å². The number of hydrogen-bond donors (Lipinski definition) is 2. The normalized spacial score (nSPS) is 9.64. The van der Waals surface area contributed by atoms with Crippen LogP contribution in [0.5, 0.6) is 0 Å². The molecule has 0 aromatic heterocycles. The van der Waals surface area contributed by atoms with E-state index in [-0.39, 0.29) is 5.96 Å². The molecule has 0 atom stereocenters. The van der Waals surface area contributed by atoms with Crippen molar-refractivity contribution in [1.82, 2.24) is 5.06 Å². The van der Waals surface area contributed by atoms with Crippen LogP contribution < -0.4 is 4.90 Å². The number of hydrogen-bond acceptors (Lipinski definition) is 2. The number of benzene rings is 1. The summed E-state index contributed by atoms with van der Waals surface area (Å²) in [5.74, 6) is 0.0682. The second kappa shape index (κ2) is 4.62. The second-order valence-corrected chi connectivity index (χ2v) is 2.93. The second-order valence-electron chi connectivity index (χ2n) is 2.93. The fourth-order valence-corrected chi connectivity index (χ4v) is 1.10. The standard InChI is InChI=1S/C10H15N3O/c1-3-13(14)10(11)12(2)9-7-5-4-6-8-9/h4-8,11,14H,3H2,1-2H3. The van der Waals surface area contributed by atoms with Gasteiger partial charge in [0.2, 0.25) is 5.96 Å². The first-order valence-electron chi connectivity index (χ1n) is 4.50. The van der Waals surface area contributed by atoms with Gasteiger partial charge in [-0.3, -0.25) is 10.6 Å². The highest BCUT2D eigenvalue weighted by molar-refractivity contribution is 5.92. The predicted molar refractivity (Wildman–Crippen MR) is 56.7 cm³/mol. The van der Waals surface area contributed by atoms with Crippen molar-refractivity contribution in [2.75, 3.05) is 18.5 Å². The molecular weight excluding hydrogens is 178 g/mol. The molecule has 1 rings (SSSR count). The van der Waals surface area contributed by atoms with E-state index < -0.39 is 0 Å². The summed E-state index contributed by atoms with van der Waals surface area (Å²) in [5, 5.41) is 17.9. The van der Waals surface area contributed by atoms with Crippen molar-refractivity contribution in [3.63, 3.8) is 0 Å². The number of hydroxylamine groups is 2. The van der Waals surface area contributed by atoms with Gasteiger partial charge in [0.15, 0.2) is 0 Å². The molecule has 4 heteroatoms. The maximum Gasteiger partial charge on any atom is 0.222 e. The summed E-state index contributed by atoms with van der Waals surface area (Å²) in [5.41, 5.74) is 0.880. The summed E-state index contributed by atoms with van der Waals surface area (Å²) >= 11 is 0. The third-order valence-electron chi connectivity index (χ3n) is 2.01. The SMILES string of the molecule is CCN(O)C(=N)N(C)c1ccccc1. The Kier molecular flexibility index (Phi) is 3.48. The molecule has 0 amide bonds. The monoisotopic (exact) mass is 193 g/mol. The zero-order chi connectivity index (χ0) is 10.6. The molecule has 0 bridgehead atoms. The maximum atomic E-state index is 9.33. The van der Waals surface area contributed by atoms with Crippen LogP contribution in [0.2, 0.25) is 0 Å². The molecule has 0 aliphatic rings. The minimum atomic E-state index is 0.0682. The van der Waals surface area contributed by atoms with Gasteiger partial charge in [-0.25, -0.2) is 5.06 Å². The quantitative estimate of drug-likeness (QED) is 0.427. The molecule has 0 spiro atoms. The summed E-state index contributed by atoms with van der Waals surface area (Å²) in [6.07, 6.45) is 0. The van der Waals surface area contributed by atoms with Crippen LogP contribution in [-0.4, -0.2) is 29.8 Å². The van der Waals surface area contributed by atoms with Gasteiger partial charge in [-0.2, -0.15) is 0 Å². The molecule has 0 unspecified atom stereocenters. The molecule has 0 saturated carbocycles. The number of nitrogens with one attached hydrogen (secondary N) is 1. The minimum absolute atomic E-state index is 0.0682. The number of para-hydroxylation sites is 1. The van der Waals surface area contributed by atoms with Crippen LogP contribution in [0.15, 0.2) is 30.3 Å². The van der Waals surface area contributed by atoms with Crippen molar-refractivity contribution >= 4 is 11.6 Å². The van der Waals surface area contributed by atoms with Gasteiger partial charge in [-0.15, -0.1) is 0 Å². The average Bonchev–Trinajstić information content (AvgIpc) is 2.27. The van der Waals surface area contributed by atoms with Crippen LogP contribution in [0, 0.1) is 5.41 Å². The van der Waals surface area contributed by atoms with Crippen LogP contribution in [-0.2, 0) is 0 Å². The Morgan fingerprint density at radius 2 is 1.93 bits per heavy atom. The molecule has 0 fully saturated rings. The van der Waals surface area contributed by atoms with E-state index in [9.17, 15) is 5.21 Å². The van der Waals surface area contributed by atoms with Crippen molar-refractivity contribution in [2.45, 2.75) is 6.92 Å². The first kappa shape index (κ1) is 10.5. The number of guanidine groups is 1. The third-order valence-corrected chi connectivity index (χ3v) is 2.01. The molecule has 4 nitrogen and oxygen atoms in total. The molecule has 0 aliphatic heterocycles. The first-order valence-corrected chi connectivity index (χ1v) is 4.50. The van der Waals surface area contributed by atoms with Crippen molar-refractivity contribution < 1.29 is 5.21 Å². The summed E-state index contributed by atoms with van der Waals surface area (Å²) < 4.78 is 0. The predicted octanol–water partition coefficient (Wildman–Crippen LogP) is 1.77. The van der Waals surface area contributed by atoms with Crippen LogP contribution in [0.1, 0.15) is 6.92 Å². The Bertz CT molecular complexity index is 299. The smallest absolute Gasteiger partial charge is 0.222 e. The van der Waals surface area contributed by atoms with E-state index in [4.69, 9.17) is 5.41 Å². The lowest BCUT2D eigenvalue weighted by atomic mass is 10.3. The summed E-state index contributed by atoms with van der Waals surface area (Å²) in [7, 11) is 1.75. The molecule has 14 heavy (non-hydrogen) atoms. The van der Waals surface area contributed by atoms with Crippen molar-refractivity contribution in [3.8, 4) is 0 Å². The molecule has 2 N–H and O–H groups in total. The minimum Gasteiger partial charge on any atom is -0.314 e. The van der Waals surface area contributed by atoms with Gasteiger partial charge in [0.05, 0.1) is 0 Å². The van der Waals surface area contributed by atoms with Gasteiger partial charge < -0.3 is 4.90 Å². The molecule has 0 heterocycles. The van der Waals surface area contributed by atoms with Gasteiger partial charge >= 0.3 is 0 Å². The number of nitrogens with zero attached hydrogens (tertiary/aromatic N) is 2. The maximum absolute atomic E-state index is 9.33. The Hall–Kier alpha value is -1.55. The molecule has 1 aromatic carbocycles. The van der Waals surface area contributed by atoms with Crippen LogP contribution in [0.25, 0.3) is 0 Å². The third kappa shape index (κ3) is 2.23. The topological polar surface area (TPSA) is 50.6 Å². The van der Waals surface area contributed by atoms with E-state index in [1.165, 1.54) is 0 Å². The van der Waals surface area contributed by atoms with E-state index in [1.54, 1.807) is 18.9 Å². The number of rotatable bonds is 2. The Labute approximate surface area is 83.8 Å². The van der Waals surface area contributed by atoms with E-state index in [2.05, 4.69) is 0 Å². The Balaban J connectivity index is 2.76. The van der Waals surface area contributed by atoms with Crippen molar-refractivity contribution in [2.24, 2.45) is 0 Å². The van der Waals surface area contributed by atoms with Crippen LogP contribution in [0.3, 0.4) is 0 Å². The van der Waals surface area contributed by atoms with Crippen LogP contribution >= 0.6 is 0 Å². The van der Waals surface area contributed by atoms with Gasteiger partial charge in [-0.1, -0.05) is 18.2 Å². The van der Waals surface area contributed by atoms with Crippen LogP contribution in [0.4, 0.5) is 5.69 Å². The largest absolute Gasteiger partial charge is 0.314 e. The summed E-state index contributed by atoms with van der Waals surface area (Å²) in [6.45, 7) is 2.18. The number of anilines is 1. The van der Waals surface area contributed by atoms with E-state index in [0.29, 0.717) is 6.54 Å². The fourth-order valence-electron chi connectivity index (χ4n) is 1.10. The molecule has 76 valence electrons. The molecule has 0 radical (unpaired) electrons. The van der Waals surface area contributed by atoms with Gasteiger partial charge in [0, 0.05) is 19.3 Å². The van der Waals surface area contributed by atoms with Gasteiger partial charge in [0.25, 0.3) is 0 Å². The highest BCUT2D eigenvalue weighted by atomic mass is 16.5. The Morgan fingerprint density at radius 3 is 2.43 bits per heavy atom. The molecular formula is C10H15N3O. The molecule has 1 aromatic rings. The Morgan fingerprint density at radius 1 is 1.36 bits per heavy atom. The summed E-state index contributed by atoms with van der Waals surface area (Å²) in [4.78, 5) is 1.61. The van der Waals surface area contributed by atoms with E-state index in [0.717, 1.165) is 10.8 Å². The van der Waals surface area contributed by atoms with E-state index >= 15 is 0 Å². The van der Waals surface area contributed by atoms with Gasteiger partial charge in [-0.05, 0) is 19.1 Å². The van der Waals surface area contributed by atoms with Crippen molar-refractivity contribution in [1.29, 1.82) is 5.41 Å². The lowest BCUT2D eigenvalue weighted by Crippen LogP contribution is -2.39. The summed E-state index contributed by atoms with van der Waals surface area (Å²) in [6, 6.07) is 9.48. The first-order chi connectivity index (χ1) is 6.66. The lowest BCUT2D eigenvalue weighted by Gasteiger charge is -2.25. The average molecular weight is 193 g/mol. The zero-order valence-corrected chi connectivity index (χ0v) is 8.44. The van der Waals surface area contributed by atoms with Crippen molar-refractivity contribution in [3.05, 3.63) is 30.3 Å². The highest BCUT2D eigenvalue weighted by Gasteiger charge is 2.10. The molecule has 0 aliphatic carbocycles. The fraction of sp³-hybridized carbons (Fsp3) is 0.300. The molecule has 0 saturated heterocycles. The highest BCUT2D eigenvalue weighted by Crippen LogP contribution is 2.11.